The molecule has 0 saturated carbocycles. The zero-order valence-corrected chi connectivity index (χ0v) is 13.9. The molecule has 2 aromatic rings. The molecule has 1 aromatic carbocycles. The number of amides is 1. The van der Waals surface area contributed by atoms with E-state index < -0.39 is 10.0 Å². The highest BCUT2D eigenvalue weighted by atomic mass is 32.2. The maximum Gasteiger partial charge on any atom is 0.255 e. The van der Waals surface area contributed by atoms with Gasteiger partial charge in [0.2, 0.25) is 15.9 Å². The number of sulfonamides is 1. The molecular formula is C16H17N3O4S. The molecule has 0 aliphatic carbocycles. The van der Waals surface area contributed by atoms with E-state index in [0.717, 1.165) is 0 Å². The Morgan fingerprint density at radius 1 is 1.21 bits per heavy atom. The highest BCUT2D eigenvalue weighted by Crippen LogP contribution is 2.24. The predicted molar refractivity (Wildman–Crippen MR) is 90.9 cm³/mol. The van der Waals surface area contributed by atoms with Crippen molar-refractivity contribution >= 4 is 27.3 Å². The van der Waals surface area contributed by atoms with Crippen molar-refractivity contribution in [2.24, 2.45) is 0 Å². The first kappa shape index (κ1) is 16.3. The maximum atomic E-state index is 12.2. The third kappa shape index (κ3) is 3.33. The van der Waals surface area contributed by atoms with Gasteiger partial charge in [-0.1, -0.05) is 0 Å². The fourth-order valence-electron chi connectivity index (χ4n) is 2.49. The van der Waals surface area contributed by atoms with E-state index >= 15 is 0 Å². The molecule has 1 aromatic heterocycles. The number of rotatable bonds is 4. The molecule has 2 heterocycles. The van der Waals surface area contributed by atoms with E-state index in [1.54, 1.807) is 36.4 Å². The second-order valence-corrected chi connectivity index (χ2v) is 7.34. The molecule has 1 fully saturated rings. The van der Waals surface area contributed by atoms with Crippen molar-refractivity contribution < 1.29 is 17.9 Å². The largest absolute Gasteiger partial charge is 0.481 e. The Kier molecular flexibility index (Phi) is 4.39. The molecule has 1 N–H and O–H groups in total. The summed E-state index contributed by atoms with van der Waals surface area (Å²) >= 11 is 0. The normalized spacial score (nSPS) is 16.0. The zero-order valence-electron chi connectivity index (χ0n) is 13.1. The first-order valence-corrected chi connectivity index (χ1v) is 9.02. The maximum absolute atomic E-state index is 12.2. The first-order valence-electron chi connectivity index (χ1n) is 7.41. The number of ether oxygens (including phenoxy) is 1. The smallest absolute Gasteiger partial charge is 0.255 e. The molecule has 0 spiro atoms. The Hall–Kier alpha value is -2.61. The average molecular weight is 347 g/mol. The van der Waals surface area contributed by atoms with Crippen LogP contribution in [0.4, 0.5) is 11.4 Å². The summed E-state index contributed by atoms with van der Waals surface area (Å²) in [4.78, 5) is 16.2. The topological polar surface area (TPSA) is 88.6 Å². The molecule has 0 bridgehead atoms. The lowest BCUT2D eigenvalue weighted by molar-refractivity contribution is 0.102. The van der Waals surface area contributed by atoms with Gasteiger partial charge in [-0.2, -0.15) is 0 Å². The average Bonchev–Trinajstić information content (AvgIpc) is 2.95. The number of hydrogen-bond acceptors (Lipinski definition) is 5. The molecule has 0 atom stereocenters. The summed E-state index contributed by atoms with van der Waals surface area (Å²) in [5.74, 6) is 0.335. The highest BCUT2D eigenvalue weighted by Gasteiger charge is 2.28. The molecule has 0 unspecified atom stereocenters. The van der Waals surface area contributed by atoms with Crippen molar-refractivity contribution in [2.45, 2.75) is 6.42 Å². The van der Waals surface area contributed by atoms with Gasteiger partial charge in [0.15, 0.2) is 0 Å². The van der Waals surface area contributed by atoms with E-state index in [9.17, 15) is 13.2 Å². The minimum Gasteiger partial charge on any atom is -0.481 e. The molecule has 24 heavy (non-hydrogen) atoms. The van der Waals surface area contributed by atoms with Crippen molar-refractivity contribution in [1.29, 1.82) is 0 Å². The summed E-state index contributed by atoms with van der Waals surface area (Å²) in [7, 11) is -1.70. The summed E-state index contributed by atoms with van der Waals surface area (Å²) in [6.45, 7) is 0.478. The van der Waals surface area contributed by atoms with Gasteiger partial charge in [-0.15, -0.1) is 0 Å². The number of nitrogens with zero attached hydrogens (tertiary/aromatic N) is 2. The van der Waals surface area contributed by atoms with Gasteiger partial charge in [0.1, 0.15) is 0 Å². The molecule has 0 radical (unpaired) electrons. The summed E-state index contributed by atoms with van der Waals surface area (Å²) in [5.41, 5.74) is 1.56. The molecule has 1 aliphatic rings. The monoisotopic (exact) mass is 347 g/mol. The lowest BCUT2D eigenvalue weighted by Gasteiger charge is -2.17. The Morgan fingerprint density at radius 2 is 1.96 bits per heavy atom. The van der Waals surface area contributed by atoms with Crippen LogP contribution in [0.25, 0.3) is 0 Å². The SMILES string of the molecule is COc1ccc(NC(=O)c2ccc(N3CCCS3(=O)=O)cc2)cn1. The molecule has 7 nitrogen and oxygen atoms in total. The van der Waals surface area contributed by atoms with Crippen LogP contribution >= 0.6 is 0 Å². The quantitative estimate of drug-likeness (QED) is 0.912. The van der Waals surface area contributed by atoms with Crippen LogP contribution < -0.4 is 14.4 Å². The van der Waals surface area contributed by atoms with E-state index in [0.29, 0.717) is 35.8 Å². The number of carbonyl (C=O) groups is 1. The molecule has 1 saturated heterocycles. The van der Waals surface area contributed by atoms with E-state index in [-0.39, 0.29) is 11.7 Å². The minimum absolute atomic E-state index is 0.166. The third-order valence-electron chi connectivity index (χ3n) is 3.72. The molecule has 1 aliphatic heterocycles. The van der Waals surface area contributed by atoms with Crippen LogP contribution in [0.1, 0.15) is 16.8 Å². The molecule has 8 heteroatoms. The van der Waals surface area contributed by atoms with Crippen LogP contribution in [0.2, 0.25) is 0 Å². The van der Waals surface area contributed by atoms with Gasteiger partial charge in [0.05, 0.1) is 30.4 Å². The number of methoxy groups -OCH3 is 1. The van der Waals surface area contributed by atoms with Crippen molar-refractivity contribution in [2.75, 3.05) is 29.0 Å². The second-order valence-electron chi connectivity index (χ2n) is 5.33. The van der Waals surface area contributed by atoms with Crippen molar-refractivity contribution in [3.8, 4) is 5.88 Å². The fourth-order valence-corrected chi connectivity index (χ4v) is 4.05. The lowest BCUT2D eigenvalue weighted by atomic mass is 10.2. The van der Waals surface area contributed by atoms with E-state index in [2.05, 4.69) is 10.3 Å². The summed E-state index contributed by atoms with van der Waals surface area (Å²) in [6.07, 6.45) is 2.12. The van der Waals surface area contributed by atoms with Gasteiger partial charge in [0, 0.05) is 18.2 Å². The number of aromatic nitrogens is 1. The Morgan fingerprint density at radius 3 is 2.50 bits per heavy atom. The number of carbonyl (C=O) groups excluding carboxylic acids is 1. The number of pyridine rings is 1. The van der Waals surface area contributed by atoms with Crippen LogP contribution in [0.3, 0.4) is 0 Å². The number of anilines is 2. The highest BCUT2D eigenvalue weighted by molar-refractivity contribution is 7.93. The number of nitrogens with one attached hydrogen (secondary N) is 1. The van der Waals surface area contributed by atoms with E-state index in [1.807, 2.05) is 0 Å². The second kappa shape index (κ2) is 6.48. The standard InChI is InChI=1S/C16H17N3O4S/c1-23-15-8-5-13(11-17-15)18-16(20)12-3-6-14(7-4-12)19-9-2-10-24(19,21)22/h3-8,11H,2,9-10H2,1H3,(H,18,20). The van der Waals surface area contributed by atoms with E-state index in [4.69, 9.17) is 4.74 Å². The lowest BCUT2D eigenvalue weighted by Crippen LogP contribution is -2.25. The van der Waals surface area contributed by atoms with Gasteiger partial charge in [0.25, 0.3) is 5.91 Å². The van der Waals surface area contributed by atoms with Crippen LogP contribution in [-0.4, -0.2) is 38.7 Å². The van der Waals surface area contributed by atoms with Gasteiger partial charge in [-0.25, -0.2) is 13.4 Å². The summed E-state index contributed by atoms with van der Waals surface area (Å²) in [5, 5.41) is 2.73. The van der Waals surface area contributed by atoms with Crippen LogP contribution in [-0.2, 0) is 10.0 Å². The molecule has 126 valence electrons. The number of benzene rings is 1. The first-order chi connectivity index (χ1) is 11.5. The fraction of sp³-hybridized carbons (Fsp3) is 0.250. The molecule has 1 amide bonds. The Bertz CT molecular complexity index is 833. The third-order valence-corrected chi connectivity index (χ3v) is 5.59. The van der Waals surface area contributed by atoms with Crippen molar-refractivity contribution in [3.05, 3.63) is 48.2 Å². The van der Waals surface area contributed by atoms with Crippen molar-refractivity contribution in [3.63, 3.8) is 0 Å². The van der Waals surface area contributed by atoms with Crippen LogP contribution in [0, 0.1) is 0 Å². The molecular weight excluding hydrogens is 330 g/mol. The predicted octanol–water partition coefficient (Wildman–Crippen LogP) is 1.88. The van der Waals surface area contributed by atoms with Crippen LogP contribution in [0.15, 0.2) is 42.6 Å². The Balaban J connectivity index is 1.71. The molecule has 3 rings (SSSR count). The Labute approximate surface area is 140 Å². The van der Waals surface area contributed by atoms with Crippen LogP contribution in [0.5, 0.6) is 5.88 Å². The minimum atomic E-state index is -3.22. The zero-order chi connectivity index (χ0) is 17.2. The van der Waals surface area contributed by atoms with Gasteiger partial charge < -0.3 is 10.1 Å². The number of hydrogen-bond donors (Lipinski definition) is 1. The van der Waals surface area contributed by atoms with Gasteiger partial charge in [-0.3, -0.25) is 9.10 Å². The van der Waals surface area contributed by atoms with Gasteiger partial charge in [-0.05, 0) is 36.8 Å². The van der Waals surface area contributed by atoms with Gasteiger partial charge >= 0.3 is 0 Å². The summed E-state index contributed by atoms with van der Waals surface area (Å²) < 4.78 is 30.1. The van der Waals surface area contributed by atoms with E-state index in [1.165, 1.54) is 17.6 Å². The van der Waals surface area contributed by atoms with Crippen molar-refractivity contribution in [1.82, 2.24) is 4.98 Å². The summed E-state index contributed by atoms with van der Waals surface area (Å²) in [6, 6.07) is 9.84.